The van der Waals surface area contributed by atoms with Crippen molar-refractivity contribution in [1.29, 1.82) is 0 Å². The summed E-state index contributed by atoms with van der Waals surface area (Å²) < 4.78 is 0. The summed E-state index contributed by atoms with van der Waals surface area (Å²) in [6, 6.07) is 6.81. The van der Waals surface area contributed by atoms with Gasteiger partial charge >= 0.3 is 0 Å². The molecule has 1 saturated heterocycles. The lowest BCUT2D eigenvalue weighted by atomic mass is 9.96. The van der Waals surface area contributed by atoms with Gasteiger partial charge in [-0.1, -0.05) is 32.4 Å². The van der Waals surface area contributed by atoms with Crippen LogP contribution in [0.4, 0.5) is 0 Å². The molecule has 1 aromatic rings. The number of rotatable bonds is 4. The zero-order valence-electron chi connectivity index (χ0n) is 15.5. The van der Waals surface area contributed by atoms with Crippen LogP contribution in [0.15, 0.2) is 24.3 Å². The predicted molar refractivity (Wildman–Crippen MR) is 101 cm³/mol. The Labute approximate surface area is 159 Å². The smallest absolute Gasteiger partial charge is 0.253 e. The fourth-order valence-electron chi connectivity index (χ4n) is 2.64. The zero-order valence-corrected chi connectivity index (χ0v) is 16.3. The first kappa shape index (κ1) is 20.2. The van der Waals surface area contributed by atoms with Crippen molar-refractivity contribution in [3.05, 3.63) is 34.9 Å². The molecule has 1 aromatic carbocycles. The number of benzene rings is 1. The van der Waals surface area contributed by atoms with E-state index in [9.17, 15) is 14.4 Å². The quantitative estimate of drug-likeness (QED) is 0.871. The van der Waals surface area contributed by atoms with Crippen molar-refractivity contribution < 1.29 is 14.4 Å². The van der Waals surface area contributed by atoms with Gasteiger partial charge in [0.15, 0.2) is 0 Å². The van der Waals surface area contributed by atoms with E-state index in [1.807, 2.05) is 20.8 Å². The van der Waals surface area contributed by atoms with Crippen LogP contribution in [0.2, 0.25) is 5.02 Å². The summed E-state index contributed by atoms with van der Waals surface area (Å²) in [4.78, 5) is 40.0. The molecule has 1 aliphatic rings. The number of piperazine rings is 1. The summed E-state index contributed by atoms with van der Waals surface area (Å²) in [6.07, 6.45) is 0.271. The summed E-state index contributed by atoms with van der Waals surface area (Å²) in [6.45, 7) is 7.85. The van der Waals surface area contributed by atoms with Crippen molar-refractivity contribution in [2.75, 3.05) is 32.7 Å². The average molecular weight is 380 g/mol. The summed E-state index contributed by atoms with van der Waals surface area (Å²) >= 11 is 5.85. The lowest BCUT2D eigenvalue weighted by Crippen LogP contribution is -2.51. The fourth-order valence-corrected chi connectivity index (χ4v) is 2.77. The molecule has 0 atom stereocenters. The number of carbonyl (C=O) groups excluding carboxylic acids is 3. The molecular formula is C19H26ClN3O3. The number of amides is 3. The molecule has 0 bridgehead atoms. The third-order valence-electron chi connectivity index (χ3n) is 4.32. The number of nitrogens with zero attached hydrogens (tertiary/aromatic N) is 2. The van der Waals surface area contributed by atoms with Crippen molar-refractivity contribution in [2.45, 2.75) is 27.2 Å². The van der Waals surface area contributed by atoms with Crippen LogP contribution < -0.4 is 5.32 Å². The van der Waals surface area contributed by atoms with Crippen LogP contribution in [0.5, 0.6) is 0 Å². The zero-order chi connectivity index (χ0) is 19.3. The van der Waals surface area contributed by atoms with Gasteiger partial charge in [-0.25, -0.2) is 0 Å². The third-order valence-corrected chi connectivity index (χ3v) is 4.57. The van der Waals surface area contributed by atoms with Crippen LogP contribution in [-0.4, -0.2) is 60.2 Å². The highest BCUT2D eigenvalue weighted by Gasteiger charge is 2.25. The highest BCUT2D eigenvalue weighted by Crippen LogP contribution is 2.14. The molecule has 2 rings (SSSR count). The van der Waals surface area contributed by atoms with Gasteiger partial charge < -0.3 is 15.1 Å². The minimum absolute atomic E-state index is 0.00204. The number of halogens is 1. The van der Waals surface area contributed by atoms with Gasteiger partial charge in [-0.2, -0.15) is 0 Å². The second kappa shape index (κ2) is 8.54. The first-order valence-corrected chi connectivity index (χ1v) is 9.17. The molecule has 1 heterocycles. The van der Waals surface area contributed by atoms with Crippen molar-refractivity contribution in [3.63, 3.8) is 0 Å². The topological polar surface area (TPSA) is 69.7 Å². The SMILES string of the molecule is CC(C)(C)C(=O)NCCC(=O)N1CCN(C(=O)c2ccc(Cl)cc2)CC1. The highest BCUT2D eigenvalue weighted by molar-refractivity contribution is 6.30. The Balaban J connectivity index is 1.77. The molecule has 0 unspecified atom stereocenters. The molecule has 26 heavy (non-hydrogen) atoms. The second-order valence-electron chi connectivity index (χ2n) is 7.44. The number of carbonyl (C=O) groups is 3. The van der Waals surface area contributed by atoms with Gasteiger partial charge in [0.1, 0.15) is 0 Å². The van der Waals surface area contributed by atoms with E-state index >= 15 is 0 Å². The second-order valence-corrected chi connectivity index (χ2v) is 7.87. The molecule has 1 fully saturated rings. The average Bonchev–Trinajstić information content (AvgIpc) is 2.61. The normalized spacial score (nSPS) is 14.9. The van der Waals surface area contributed by atoms with Gasteiger partial charge in [-0.05, 0) is 24.3 Å². The Morgan fingerprint density at radius 1 is 1.00 bits per heavy atom. The fraction of sp³-hybridized carbons (Fsp3) is 0.526. The van der Waals surface area contributed by atoms with Crippen LogP contribution in [0.3, 0.4) is 0 Å². The van der Waals surface area contributed by atoms with E-state index in [0.29, 0.717) is 43.3 Å². The first-order valence-electron chi connectivity index (χ1n) is 8.79. The molecule has 0 spiro atoms. The minimum atomic E-state index is -0.462. The molecule has 1 aliphatic heterocycles. The van der Waals surface area contributed by atoms with E-state index in [-0.39, 0.29) is 24.1 Å². The number of hydrogen-bond donors (Lipinski definition) is 1. The maximum absolute atomic E-state index is 12.5. The Bertz CT molecular complexity index is 660. The van der Waals surface area contributed by atoms with Gasteiger partial charge in [-0.3, -0.25) is 14.4 Å². The molecule has 0 radical (unpaired) electrons. The highest BCUT2D eigenvalue weighted by atomic mass is 35.5. The summed E-state index contributed by atoms with van der Waals surface area (Å²) in [7, 11) is 0. The van der Waals surface area contributed by atoms with E-state index in [2.05, 4.69) is 5.32 Å². The van der Waals surface area contributed by atoms with E-state index in [1.165, 1.54) is 0 Å². The summed E-state index contributed by atoms with van der Waals surface area (Å²) in [5.41, 5.74) is 0.135. The molecule has 0 aromatic heterocycles. The molecule has 3 amide bonds. The number of nitrogens with one attached hydrogen (secondary N) is 1. The van der Waals surface area contributed by atoms with E-state index < -0.39 is 5.41 Å². The van der Waals surface area contributed by atoms with Crippen LogP contribution in [0.1, 0.15) is 37.6 Å². The third kappa shape index (κ3) is 5.46. The largest absolute Gasteiger partial charge is 0.355 e. The monoisotopic (exact) mass is 379 g/mol. The lowest BCUT2D eigenvalue weighted by molar-refractivity contribution is -0.133. The van der Waals surface area contributed by atoms with Gasteiger partial charge in [0.05, 0.1) is 0 Å². The van der Waals surface area contributed by atoms with Crippen LogP contribution in [0.25, 0.3) is 0 Å². The van der Waals surface area contributed by atoms with Crippen LogP contribution in [-0.2, 0) is 9.59 Å². The molecule has 7 heteroatoms. The van der Waals surface area contributed by atoms with Crippen LogP contribution in [0, 0.1) is 5.41 Å². The van der Waals surface area contributed by atoms with E-state index in [1.54, 1.807) is 34.1 Å². The van der Waals surface area contributed by atoms with Crippen molar-refractivity contribution in [2.24, 2.45) is 5.41 Å². The summed E-state index contributed by atoms with van der Waals surface area (Å²) in [5, 5.41) is 3.38. The molecular weight excluding hydrogens is 354 g/mol. The van der Waals surface area contributed by atoms with Crippen molar-refractivity contribution in [1.82, 2.24) is 15.1 Å². The number of hydrogen-bond acceptors (Lipinski definition) is 3. The Morgan fingerprint density at radius 3 is 2.08 bits per heavy atom. The lowest BCUT2D eigenvalue weighted by Gasteiger charge is -2.35. The molecule has 0 saturated carbocycles. The van der Waals surface area contributed by atoms with Crippen LogP contribution >= 0.6 is 11.6 Å². The van der Waals surface area contributed by atoms with Gasteiger partial charge in [0, 0.05) is 55.1 Å². The van der Waals surface area contributed by atoms with E-state index in [4.69, 9.17) is 11.6 Å². The molecule has 142 valence electrons. The Kier molecular flexibility index (Phi) is 6.64. The van der Waals surface area contributed by atoms with Gasteiger partial charge in [0.2, 0.25) is 11.8 Å². The first-order chi connectivity index (χ1) is 12.2. The summed E-state index contributed by atoms with van der Waals surface area (Å²) in [5.74, 6) is -0.118. The maximum atomic E-state index is 12.5. The Morgan fingerprint density at radius 2 is 1.54 bits per heavy atom. The maximum Gasteiger partial charge on any atom is 0.253 e. The van der Waals surface area contributed by atoms with E-state index in [0.717, 1.165) is 0 Å². The van der Waals surface area contributed by atoms with Gasteiger partial charge in [0.25, 0.3) is 5.91 Å². The Hall–Kier alpha value is -2.08. The standard InChI is InChI=1S/C19H26ClN3O3/c1-19(2,3)18(26)21-9-8-16(24)22-10-12-23(13-11-22)17(25)14-4-6-15(20)7-5-14/h4-7H,8-13H2,1-3H3,(H,21,26). The predicted octanol–water partition coefficient (Wildman–Crippen LogP) is 2.18. The van der Waals surface area contributed by atoms with Crippen molar-refractivity contribution in [3.8, 4) is 0 Å². The van der Waals surface area contributed by atoms with Gasteiger partial charge in [-0.15, -0.1) is 0 Å². The molecule has 1 N–H and O–H groups in total. The molecule has 6 nitrogen and oxygen atoms in total. The minimum Gasteiger partial charge on any atom is -0.355 e. The van der Waals surface area contributed by atoms with Crippen molar-refractivity contribution >= 4 is 29.3 Å². The molecule has 0 aliphatic carbocycles.